The molecule has 4 rings (SSSR count). The van der Waals surface area contributed by atoms with Crippen molar-refractivity contribution in [1.29, 1.82) is 0 Å². The van der Waals surface area contributed by atoms with Crippen LogP contribution in [0.4, 0.5) is 0 Å². The lowest BCUT2D eigenvalue weighted by Crippen LogP contribution is -1.99. The van der Waals surface area contributed by atoms with Gasteiger partial charge in [0.15, 0.2) is 0 Å². The molecule has 0 aromatic rings. The van der Waals surface area contributed by atoms with Crippen molar-refractivity contribution in [1.82, 2.24) is 0 Å². The van der Waals surface area contributed by atoms with Gasteiger partial charge in [-0.25, -0.2) is 0 Å². The van der Waals surface area contributed by atoms with Crippen LogP contribution < -0.4 is 0 Å². The molecule has 0 N–H and O–H groups in total. The molecule has 0 aromatic heterocycles. The first-order chi connectivity index (χ1) is 8.88. The normalized spacial score (nSPS) is 40.4. The van der Waals surface area contributed by atoms with Gasteiger partial charge in [0.1, 0.15) is 0 Å². The molecule has 4 atom stereocenters. The maximum atomic E-state index is 2.63. The molecule has 4 aliphatic rings. The molecular formula is C18H26. The highest BCUT2D eigenvalue weighted by molar-refractivity contribution is 5.21. The number of hydrogen-bond acceptors (Lipinski definition) is 0. The van der Waals surface area contributed by atoms with Crippen LogP contribution in [0.15, 0.2) is 23.3 Å². The SMILES string of the molecule is C1=C(CCCCC2=CC3CCC2C3)C2CCC1C2. The summed E-state index contributed by atoms with van der Waals surface area (Å²) in [7, 11) is 0. The summed E-state index contributed by atoms with van der Waals surface area (Å²) in [6.07, 6.45) is 20.0. The minimum Gasteiger partial charge on any atom is -0.0819 e. The molecule has 0 saturated heterocycles. The van der Waals surface area contributed by atoms with Gasteiger partial charge < -0.3 is 0 Å². The van der Waals surface area contributed by atoms with Gasteiger partial charge in [-0.05, 0) is 87.9 Å². The monoisotopic (exact) mass is 242 g/mol. The van der Waals surface area contributed by atoms with Crippen LogP contribution in [0.2, 0.25) is 0 Å². The van der Waals surface area contributed by atoms with Crippen molar-refractivity contribution in [2.45, 2.75) is 64.2 Å². The Balaban J connectivity index is 1.21. The second kappa shape index (κ2) is 4.54. The van der Waals surface area contributed by atoms with Crippen LogP contribution in [0.25, 0.3) is 0 Å². The van der Waals surface area contributed by atoms with E-state index in [1.54, 1.807) is 0 Å². The highest BCUT2D eigenvalue weighted by Crippen LogP contribution is 2.47. The Labute approximate surface area is 112 Å². The molecule has 0 aromatic carbocycles. The minimum absolute atomic E-state index is 0.985. The summed E-state index contributed by atoms with van der Waals surface area (Å²) in [5.74, 6) is 3.99. The van der Waals surface area contributed by atoms with E-state index >= 15 is 0 Å². The van der Waals surface area contributed by atoms with Gasteiger partial charge in [0.25, 0.3) is 0 Å². The molecule has 0 amide bonds. The van der Waals surface area contributed by atoms with E-state index in [4.69, 9.17) is 0 Å². The number of hydrogen-bond donors (Lipinski definition) is 0. The van der Waals surface area contributed by atoms with E-state index in [-0.39, 0.29) is 0 Å². The van der Waals surface area contributed by atoms with E-state index in [2.05, 4.69) is 12.2 Å². The van der Waals surface area contributed by atoms with E-state index in [0.29, 0.717) is 0 Å². The smallest absolute Gasteiger partial charge is 0.0197 e. The van der Waals surface area contributed by atoms with E-state index in [1.807, 2.05) is 11.1 Å². The van der Waals surface area contributed by atoms with Crippen LogP contribution in [-0.2, 0) is 0 Å². The van der Waals surface area contributed by atoms with Crippen LogP contribution in [0.1, 0.15) is 64.2 Å². The van der Waals surface area contributed by atoms with Gasteiger partial charge in [0.2, 0.25) is 0 Å². The van der Waals surface area contributed by atoms with E-state index in [1.165, 1.54) is 64.2 Å². The Morgan fingerprint density at radius 3 is 1.56 bits per heavy atom. The third kappa shape index (κ3) is 1.98. The highest BCUT2D eigenvalue weighted by Gasteiger charge is 2.33. The minimum atomic E-state index is 0.985. The second-order valence-electron chi connectivity index (χ2n) is 7.23. The summed E-state index contributed by atoms with van der Waals surface area (Å²) in [4.78, 5) is 0. The first kappa shape index (κ1) is 11.3. The van der Waals surface area contributed by atoms with Crippen molar-refractivity contribution in [2.24, 2.45) is 23.7 Å². The summed E-state index contributed by atoms with van der Waals surface area (Å²) < 4.78 is 0. The Hall–Kier alpha value is -0.520. The van der Waals surface area contributed by atoms with Crippen molar-refractivity contribution in [3.05, 3.63) is 23.3 Å². The molecule has 18 heavy (non-hydrogen) atoms. The third-order valence-corrected chi connectivity index (χ3v) is 6.08. The molecule has 0 heteroatoms. The lowest BCUT2D eigenvalue weighted by atomic mass is 9.91. The number of allylic oxidation sites excluding steroid dienone is 4. The third-order valence-electron chi connectivity index (χ3n) is 6.08. The van der Waals surface area contributed by atoms with Gasteiger partial charge in [-0.15, -0.1) is 0 Å². The zero-order chi connectivity index (χ0) is 11.9. The Morgan fingerprint density at radius 2 is 1.22 bits per heavy atom. The summed E-state index contributed by atoms with van der Waals surface area (Å²) in [6.45, 7) is 0. The average molecular weight is 242 g/mol. The summed E-state index contributed by atoms with van der Waals surface area (Å²) in [5.41, 5.74) is 3.68. The molecule has 4 aliphatic carbocycles. The average Bonchev–Trinajstić information content (AvgIpc) is 3.13. The summed E-state index contributed by atoms with van der Waals surface area (Å²) in [5, 5.41) is 0. The lowest BCUT2D eigenvalue weighted by molar-refractivity contribution is 0.576. The molecule has 4 bridgehead atoms. The molecule has 0 heterocycles. The van der Waals surface area contributed by atoms with Gasteiger partial charge in [-0.1, -0.05) is 23.3 Å². The van der Waals surface area contributed by atoms with Gasteiger partial charge in [0, 0.05) is 0 Å². The van der Waals surface area contributed by atoms with E-state index in [9.17, 15) is 0 Å². The summed E-state index contributed by atoms with van der Waals surface area (Å²) >= 11 is 0. The number of fused-ring (bicyclic) bond motifs is 4. The van der Waals surface area contributed by atoms with Crippen LogP contribution in [0.5, 0.6) is 0 Å². The molecule has 2 fully saturated rings. The molecule has 0 nitrogen and oxygen atoms in total. The highest BCUT2D eigenvalue weighted by atomic mass is 14.4. The molecule has 4 unspecified atom stereocenters. The van der Waals surface area contributed by atoms with Gasteiger partial charge >= 0.3 is 0 Å². The van der Waals surface area contributed by atoms with Gasteiger partial charge in [-0.3, -0.25) is 0 Å². The number of rotatable bonds is 5. The second-order valence-corrected chi connectivity index (χ2v) is 7.23. The van der Waals surface area contributed by atoms with Crippen LogP contribution >= 0.6 is 0 Å². The fourth-order valence-electron chi connectivity index (χ4n) is 5.12. The first-order valence-electron chi connectivity index (χ1n) is 8.29. The Kier molecular flexibility index (Phi) is 2.86. The molecular weight excluding hydrogens is 216 g/mol. The largest absolute Gasteiger partial charge is 0.0819 e. The van der Waals surface area contributed by atoms with E-state index in [0.717, 1.165) is 23.7 Å². The van der Waals surface area contributed by atoms with Crippen molar-refractivity contribution < 1.29 is 0 Å². The predicted octanol–water partition coefficient (Wildman–Crippen LogP) is 5.26. The Bertz CT molecular complexity index is 349. The molecule has 0 aliphatic heterocycles. The molecule has 98 valence electrons. The molecule has 0 spiro atoms. The first-order valence-corrected chi connectivity index (χ1v) is 8.29. The van der Waals surface area contributed by atoms with E-state index < -0.39 is 0 Å². The Morgan fingerprint density at radius 1 is 0.722 bits per heavy atom. The predicted molar refractivity (Wildman–Crippen MR) is 76.3 cm³/mol. The van der Waals surface area contributed by atoms with Crippen LogP contribution in [0.3, 0.4) is 0 Å². The van der Waals surface area contributed by atoms with Gasteiger partial charge in [-0.2, -0.15) is 0 Å². The fourth-order valence-corrected chi connectivity index (χ4v) is 5.12. The topological polar surface area (TPSA) is 0 Å². The number of unbranched alkanes of at least 4 members (excludes halogenated alkanes) is 1. The van der Waals surface area contributed by atoms with Crippen molar-refractivity contribution in [3.8, 4) is 0 Å². The molecule has 0 radical (unpaired) electrons. The van der Waals surface area contributed by atoms with Crippen molar-refractivity contribution >= 4 is 0 Å². The van der Waals surface area contributed by atoms with Crippen LogP contribution in [0, 0.1) is 23.7 Å². The van der Waals surface area contributed by atoms with Crippen molar-refractivity contribution in [3.63, 3.8) is 0 Å². The summed E-state index contributed by atoms with van der Waals surface area (Å²) in [6, 6.07) is 0. The zero-order valence-electron chi connectivity index (χ0n) is 11.5. The van der Waals surface area contributed by atoms with Gasteiger partial charge in [0.05, 0.1) is 0 Å². The fraction of sp³-hybridized carbons (Fsp3) is 0.778. The maximum Gasteiger partial charge on any atom is -0.0197 e. The zero-order valence-corrected chi connectivity index (χ0v) is 11.5. The quantitative estimate of drug-likeness (QED) is 0.455. The van der Waals surface area contributed by atoms with Crippen molar-refractivity contribution in [2.75, 3.05) is 0 Å². The lowest BCUT2D eigenvalue weighted by Gasteiger charge is -2.15. The van der Waals surface area contributed by atoms with Crippen LogP contribution in [-0.4, -0.2) is 0 Å². The maximum absolute atomic E-state index is 2.63. The standard InChI is InChI=1S/C18H26/c1(3-15-9-13-5-7-17(15)11-13)2-4-16-10-14-6-8-18(16)12-14/h9-10,13-14,17-18H,1-8,11-12H2. The molecule has 2 saturated carbocycles.